The Balaban J connectivity index is 1.71. The highest BCUT2D eigenvalue weighted by atomic mass is 32.1. The van der Waals surface area contributed by atoms with Gasteiger partial charge in [-0.25, -0.2) is 0 Å². The Morgan fingerprint density at radius 1 is 1.24 bits per heavy atom. The molecule has 0 aliphatic carbocycles. The number of fused-ring (bicyclic) bond motifs is 3. The second-order valence-electron chi connectivity index (χ2n) is 5.80. The first-order valence-electron chi connectivity index (χ1n) is 7.30. The van der Waals surface area contributed by atoms with E-state index in [4.69, 9.17) is 0 Å². The van der Waals surface area contributed by atoms with Gasteiger partial charge in [-0.05, 0) is 11.1 Å². The van der Waals surface area contributed by atoms with Crippen molar-refractivity contribution >= 4 is 22.2 Å². The van der Waals surface area contributed by atoms with Crippen LogP contribution in [0, 0.1) is 0 Å². The Bertz CT molecular complexity index is 695. The van der Waals surface area contributed by atoms with Crippen LogP contribution in [0.4, 0.5) is 5.00 Å². The molecule has 4 rings (SSSR count). The zero-order valence-electron chi connectivity index (χ0n) is 11.9. The first-order chi connectivity index (χ1) is 10.2. The Morgan fingerprint density at radius 3 is 2.86 bits per heavy atom. The van der Waals surface area contributed by atoms with Crippen LogP contribution in [0.25, 0.3) is 0 Å². The molecule has 2 aliphatic heterocycles. The molecule has 108 valence electrons. The molecule has 5 heteroatoms. The Labute approximate surface area is 127 Å². The van der Waals surface area contributed by atoms with E-state index in [1.807, 2.05) is 30.3 Å². The first kappa shape index (κ1) is 12.9. The predicted octanol–water partition coefficient (Wildman–Crippen LogP) is 1.17. The normalized spacial score (nSPS) is 23.8. The average Bonchev–Trinajstić information content (AvgIpc) is 2.85. The summed E-state index contributed by atoms with van der Waals surface area (Å²) < 4.78 is 0. The molecule has 0 saturated carbocycles. The van der Waals surface area contributed by atoms with Crippen molar-refractivity contribution in [2.75, 3.05) is 18.9 Å². The highest BCUT2D eigenvalue weighted by Crippen LogP contribution is 2.38. The zero-order valence-corrected chi connectivity index (χ0v) is 12.7. The van der Waals surface area contributed by atoms with Crippen LogP contribution in [-0.4, -0.2) is 19.5 Å². The molecule has 0 bridgehead atoms. The topological polar surface area (TPSA) is 45.6 Å². The molecule has 0 saturated heterocycles. The number of thiophene rings is 1. The van der Waals surface area contributed by atoms with Crippen molar-refractivity contribution in [2.45, 2.75) is 19.1 Å². The number of likely N-dealkylation sites (N-methyl/N-ethyl adjacent to an activating group) is 1. The fourth-order valence-electron chi connectivity index (χ4n) is 3.14. The lowest BCUT2D eigenvalue weighted by Gasteiger charge is -2.27. The van der Waals surface area contributed by atoms with Gasteiger partial charge in [-0.2, -0.15) is 0 Å². The molecule has 0 spiro atoms. The number of quaternary nitrogens is 1. The van der Waals surface area contributed by atoms with Crippen molar-refractivity contribution in [3.63, 3.8) is 0 Å². The van der Waals surface area contributed by atoms with Crippen LogP contribution in [0.3, 0.4) is 0 Å². The van der Waals surface area contributed by atoms with Crippen molar-refractivity contribution in [1.82, 2.24) is 5.32 Å². The van der Waals surface area contributed by atoms with Gasteiger partial charge >= 0.3 is 0 Å². The second-order valence-corrected chi connectivity index (χ2v) is 6.91. The van der Waals surface area contributed by atoms with E-state index in [2.05, 4.69) is 17.7 Å². The molecule has 3 heterocycles. The summed E-state index contributed by atoms with van der Waals surface area (Å²) in [6, 6.07) is 10.1. The number of hydrogen-bond acceptors (Lipinski definition) is 3. The molecule has 1 aromatic heterocycles. The predicted molar refractivity (Wildman–Crippen MR) is 83.8 cm³/mol. The summed E-state index contributed by atoms with van der Waals surface area (Å²) in [6.07, 6.45) is 0.870. The van der Waals surface area contributed by atoms with Crippen molar-refractivity contribution in [3.05, 3.63) is 51.9 Å². The van der Waals surface area contributed by atoms with Crippen LogP contribution in [0.15, 0.2) is 30.3 Å². The molecule has 1 amide bonds. The largest absolute Gasteiger partial charge is 0.353 e. The van der Waals surface area contributed by atoms with Gasteiger partial charge in [0.05, 0.1) is 24.0 Å². The van der Waals surface area contributed by atoms with Crippen LogP contribution in [0.5, 0.6) is 0 Å². The van der Waals surface area contributed by atoms with E-state index in [0.29, 0.717) is 0 Å². The minimum Gasteiger partial charge on any atom is -0.353 e. The van der Waals surface area contributed by atoms with E-state index in [9.17, 15) is 4.79 Å². The molecule has 4 nitrogen and oxygen atoms in total. The molecule has 3 N–H and O–H groups in total. The quantitative estimate of drug-likeness (QED) is 0.740. The molecule has 1 unspecified atom stereocenters. The second kappa shape index (κ2) is 4.86. The minimum absolute atomic E-state index is 0.0645. The molecule has 21 heavy (non-hydrogen) atoms. The lowest BCUT2D eigenvalue weighted by atomic mass is 10.0. The van der Waals surface area contributed by atoms with Crippen LogP contribution in [0.2, 0.25) is 0 Å². The number of hydrogen-bond donors (Lipinski definition) is 3. The summed E-state index contributed by atoms with van der Waals surface area (Å²) in [5, 5.41) is 7.61. The summed E-state index contributed by atoms with van der Waals surface area (Å²) in [5.41, 5.74) is 3.23. The molecular weight excluding hydrogens is 282 g/mol. The summed E-state index contributed by atoms with van der Waals surface area (Å²) in [6.45, 7) is 2.13. The Hall–Kier alpha value is -1.85. The standard InChI is InChI=1S/C16H17N3OS/c1-19-8-7-11-12(9-19)21-16-13(11)15(20)17-14(18-16)10-5-3-2-4-6-10/h2-6,14,18H,7-9H2,1H3,(H,17,20)/p+1/t14-/m0/s1. The van der Waals surface area contributed by atoms with E-state index in [-0.39, 0.29) is 12.1 Å². The van der Waals surface area contributed by atoms with Gasteiger partial charge in [0.2, 0.25) is 0 Å². The van der Waals surface area contributed by atoms with E-state index in [0.717, 1.165) is 35.6 Å². The fourth-order valence-corrected chi connectivity index (χ4v) is 4.53. The van der Waals surface area contributed by atoms with Gasteiger partial charge in [-0.15, -0.1) is 11.3 Å². The number of carbonyl (C=O) groups is 1. The molecule has 2 aromatic rings. The van der Waals surface area contributed by atoms with Gasteiger partial charge in [0.15, 0.2) is 0 Å². The smallest absolute Gasteiger partial charge is 0.256 e. The van der Waals surface area contributed by atoms with Crippen LogP contribution >= 0.6 is 11.3 Å². The summed E-state index contributed by atoms with van der Waals surface area (Å²) in [7, 11) is 2.21. The van der Waals surface area contributed by atoms with E-state index in [1.165, 1.54) is 15.3 Å². The maximum atomic E-state index is 12.5. The number of nitrogens with one attached hydrogen (secondary N) is 3. The summed E-state index contributed by atoms with van der Waals surface area (Å²) in [5.74, 6) is 0.0645. The SMILES string of the molecule is C[NH+]1CCc2c(sc3c2C(=O)N[C@H](c2ccccc2)N3)C1. The minimum atomic E-state index is -0.128. The maximum Gasteiger partial charge on any atom is 0.256 e. The van der Waals surface area contributed by atoms with Crippen molar-refractivity contribution in [3.8, 4) is 0 Å². The van der Waals surface area contributed by atoms with Crippen LogP contribution < -0.4 is 15.5 Å². The van der Waals surface area contributed by atoms with Gasteiger partial charge in [-0.1, -0.05) is 30.3 Å². The van der Waals surface area contributed by atoms with Gasteiger partial charge in [0.1, 0.15) is 17.7 Å². The molecule has 2 atom stereocenters. The third-order valence-electron chi connectivity index (χ3n) is 4.27. The van der Waals surface area contributed by atoms with Crippen LogP contribution in [0.1, 0.15) is 32.5 Å². The highest BCUT2D eigenvalue weighted by molar-refractivity contribution is 7.16. The number of benzene rings is 1. The van der Waals surface area contributed by atoms with Crippen LogP contribution in [-0.2, 0) is 13.0 Å². The number of anilines is 1. The summed E-state index contributed by atoms with van der Waals surface area (Å²) in [4.78, 5) is 15.4. The molecule has 1 aromatic carbocycles. The average molecular weight is 300 g/mol. The number of carbonyl (C=O) groups excluding carboxylic acids is 1. The molecule has 0 radical (unpaired) electrons. The number of amides is 1. The third-order valence-corrected chi connectivity index (χ3v) is 5.43. The van der Waals surface area contributed by atoms with Gasteiger partial charge in [0, 0.05) is 6.42 Å². The Kier molecular flexibility index (Phi) is 2.97. The maximum absolute atomic E-state index is 12.5. The molecule has 2 aliphatic rings. The van der Waals surface area contributed by atoms with Crippen molar-refractivity contribution in [2.24, 2.45) is 0 Å². The first-order valence-corrected chi connectivity index (χ1v) is 8.12. The lowest BCUT2D eigenvalue weighted by molar-refractivity contribution is -0.895. The summed E-state index contributed by atoms with van der Waals surface area (Å²) >= 11 is 1.75. The highest BCUT2D eigenvalue weighted by Gasteiger charge is 2.33. The third kappa shape index (κ3) is 2.13. The van der Waals surface area contributed by atoms with Crippen molar-refractivity contribution < 1.29 is 9.69 Å². The molecular formula is C16H18N3OS+. The monoisotopic (exact) mass is 300 g/mol. The van der Waals surface area contributed by atoms with E-state index >= 15 is 0 Å². The van der Waals surface area contributed by atoms with Gasteiger partial charge in [-0.3, -0.25) is 4.79 Å². The number of rotatable bonds is 1. The van der Waals surface area contributed by atoms with E-state index in [1.54, 1.807) is 11.3 Å². The molecule has 0 fully saturated rings. The zero-order chi connectivity index (χ0) is 14.4. The van der Waals surface area contributed by atoms with Gasteiger partial charge in [0.25, 0.3) is 5.91 Å². The fraction of sp³-hybridized carbons (Fsp3) is 0.312. The van der Waals surface area contributed by atoms with E-state index < -0.39 is 0 Å². The van der Waals surface area contributed by atoms with Crippen molar-refractivity contribution in [1.29, 1.82) is 0 Å². The van der Waals surface area contributed by atoms with Gasteiger partial charge < -0.3 is 15.5 Å². The lowest BCUT2D eigenvalue weighted by Crippen LogP contribution is -3.08. The Morgan fingerprint density at radius 2 is 2.05 bits per heavy atom.